The Hall–Kier alpha value is -4.58. The van der Waals surface area contributed by atoms with E-state index in [0.717, 1.165) is 16.7 Å². The molecule has 0 aliphatic carbocycles. The predicted molar refractivity (Wildman–Crippen MR) is 184 cm³/mol. The molecule has 7 rings (SSSR count). The van der Waals surface area contributed by atoms with Crippen LogP contribution in [0.2, 0.25) is 0 Å². The number of nitrogens with zero attached hydrogens (tertiary/aromatic N) is 5. The Morgan fingerprint density at radius 2 is 1.60 bits per heavy atom. The number of likely N-dealkylation sites (tertiary alicyclic amines) is 1. The third-order valence-corrected chi connectivity index (χ3v) is 11.9. The topological polar surface area (TPSA) is 118 Å². The molecule has 0 saturated carbocycles. The van der Waals surface area contributed by atoms with Gasteiger partial charge in [0.2, 0.25) is 15.9 Å². The third kappa shape index (κ3) is 6.09. The van der Waals surface area contributed by atoms with Crippen LogP contribution in [0.4, 0.5) is 0 Å². The van der Waals surface area contributed by atoms with E-state index in [2.05, 4.69) is 4.98 Å². The minimum absolute atomic E-state index is 0.0291. The van der Waals surface area contributed by atoms with Gasteiger partial charge in [0, 0.05) is 51.3 Å². The lowest BCUT2D eigenvalue weighted by Gasteiger charge is -2.43. The number of hydrogen-bond donors (Lipinski definition) is 1. The molecule has 0 radical (unpaired) electrons. The number of hydrogen-bond acceptors (Lipinski definition) is 6. The van der Waals surface area contributed by atoms with Crippen LogP contribution in [0, 0.1) is 5.92 Å². The van der Waals surface area contributed by atoms with Gasteiger partial charge in [-0.15, -0.1) is 0 Å². The fourth-order valence-corrected chi connectivity index (χ4v) is 8.76. The molecule has 0 unspecified atom stereocenters. The first kappa shape index (κ1) is 32.0. The smallest absolute Gasteiger partial charge is 0.262 e. The van der Waals surface area contributed by atoms with Gasteiger partial charge >= 0.3 is 0 Å². The number of carbonyl (C=O) groups excluding carboxylic acids is 1. The van der Waals surface area contributed by atoms with E-state index in [0.29, 0.717) is 43.4 Å². The second kappa shape index (κ2) is 12.8. The van der Waals surface area contributed by atoms with Crippen molar-refractivity contribution in [2.45, 2.75) is 42.2 Å². The van der Waals surface area contributed by atoms with Crippen molar-refractivity contribution in [2.75, 3.05) is 26.2 Å². The fourth-order valence-electron chi connectivity index (χ4n) is 7.24. The SMILES string of the molecule is Cn1ccc2c(=O)n(CC3(O)CCN(C(=O)[C@@H]4CCN(S(=O)(=O)c5cccc(-c6ccccc6)c5)C[C@H]4c4ccccc4)CC3)cnc21. The van der Waals surface area contributed by atoms with Crippen molar-refractivity contribution in [1.29, 1.82) is 0 Å². The van der Waals surface area contributed by atoms with E-state index < -0.39 is 21.5 Å². The zero-order valence-electron chi connectivity index (χ0n) is 26.9. The van der Waals surface area contributed by atoms with E-state index >= 15 is 0 Å². The Labute approximate surface area is 279 Å². The van der Waals surface area contributed by atoms with Crippen molar-refractivity contribution in [2.24, 2.45) is 13.0 Å². The molecule has 10 nitrogen and oxygen atoms in total. The summed E-state index contributed by atoms with van der Waals surface area (Å²) in [5.41, 5.74) is 1.92. The molecule has 0 spiro atoms. The van der Waals surface area contributed by atoms with E-state index in [1.807, 2.05) is 73.8 Å². The molecule has 5 aromatic rings. The zero-order chi connectivity index (χ0) is 33.5. The van der Waals surface area contributed by atoms with Crippen molar-refractivity contribution in [3.8, 4) is 11.1 Å². The molecule has 2 aromatic heterocycles. The second-order valence-electron chi connectivity index (χ2n) is 13.1. The maximum atomic E-state index is 14.1. The Balaban J connectivity index is 1.07. The minimum atomic E-state index is -3.83. The van der Waals surface area contributed by atoms with E-state index in [-0.39, 0.29) is 41.9 Å². The highest BCUT2D eigenvalue weighted by Crippen LogP contribution is 2.38. The van der Waals surface area contributed by atoms with Gasteiger partial charge in [-0.2, -0.15) is 4.31 Å². The van der Waals surface area contributed by atoms with Crippen LogP contribution >= 0.6 is 0 Å². The Bertz CT molecular complexity index is 2100. The number of rotatable bonds is 7. The number of piperidine rings is 2. The Morgan fingerprint density at radius 1 is 0.917 bits per heavy atom. The second-order valence-corrected chi connectivity index (χ2v) is 15.0. The number of amides is 1. The molecular weight excluding hydrogens is 627 g/mol. The van der Waals surface area contributed by atoms with Crippen molar-refractivity contribution in [3.63, 3.8) is 0 Å². The normalized spacial score (nSPS) is 20.2. The lowest BCUT2D eigenvalue weighted by atomic mass is 9.80. The van der Waals surface area contributed by atoms with E-state index in [1.165, 1.54) is 15.2 Å². The first-order valence-corrected chi connectivity index (χ1v) is 17.8. The lowest BCUT2D eigenvalue weighted by molar-refractivity contribution is -0.142. The standard InChI is InChI=1S/C37H39N5O5S/c1-39-19-15-32-34(39)38-26-41(36(32)44)25-37(45)17-21-40(22-18-37)35(43)31-16-20-42(24-33(31)28-11-6-3-7-12-28)48(46,47)30-14-8-13-29(23-30)27-9-4-2-5-10-27/h2-15,19,23,26,31,33,45H,16-18,20-22,24-25H2,1H3/t31-,33+/m1/s1. The molecule has 11 heteroatoms. The number of sulfonamides is 1. The van der Waals surface area contributed by atoms with Gasteiger partial charge in [-0.1, -0.05) is 72.8 Å². The molecule has 3 aromatic carbocycles. The summed E-state index contributed by atoms with van der Waals surface area (Å²) in [5, 5.41) is 12.0. The van der Waals surface area contributed by atoms with E-state index in [1.54, 1.807) is 39.9 Å². The first-order valence-electron chi connectivity index (χ1n) is 16.4. The highest BCUT2D eigenvalue weighted by atomic mass is 32.2. The zero-order valence-corrected chi connectivity index (χ0v) is 27.7. The van der Waals surface area contributed by atoms with Gasteiger partial charge in [0.15, 0.2) is 0 Å². The predicted octanol–water partition coefficient (Wildman–Crippen LogP) is 4.25. The number of aromatic nitrogens is 3. The van der Waals surface area contributed by atoms with Crippen molar-refractivity contribution in [1.82, 2.24) is 23.3 Å². The summed E-state index contributed by atoms with van der Waals surface area (Å²) in [6.45, 7) is 1.20. The highest BCUT2D eigenvalue weighted by Gasteiger charge is 2.43. The molecule has 4 heterocycles. The van der Waals surface area contributed by atoms with E-state index in [4.69, 9.17) is 0 Å². The molecule has 0 bridgehead atoms. The summed E-state index contributed by atoms with van der Waals surface area (Å²) < 4.78 is 32.8. The molecular formula is C37H39N5O5S. The maximum absolute atomic E-state index is 14.1. The fraction of sp³-hybridized carbons (Fsp3) is 0.324. The van der Waals surface area contributed by atoms with Crippen LogP contribution in [0.25, 0.3) is 22.2 Å². The maximum Gasteiger partial charge on any atom is 0.262 e. The van der Waals surface area contributed by atoms with Gasteiger partial charge in [-0.25, -0.2) is 13.4 Å². The molecule has 48 heavy (non-hydrogen) atoms. The Kier molecular flexibility index (Phi) is 8.53. The van der Waals surface area contributed by atoms with Crippen LogP contribution in [0.5, 0.6) is 0 Å². The quantitative estimate of drug-likeness (QED) is 0.278. The summed E-state index contributed by atoms with van der Waals surface area (Å²) in [4.78, 5) is 33.6. The highest BCUT2D eigenvalue weighted by molar-refractivity contribution is 7.89. The molecule has 1 N–H and O–H groups in total. The van der Waals surface area contributed by atoms with Crippen LogP contribution in [0.15, 0.2) is 113 Å². The van der Waals surface area contributed by atoms with Gasteiger partial charge < -0.3 is 14.6 Å². The van der Waals surface area contributed by atoms with Crippen molar-refractivity contribution < 1.29 is 18.3 Å². The van der Waals surface area contributed by atoms with Crippen molar-refractivity contribution in [3.05, 3.63) is 119 Å². The van der Waals surface area contributed by atoms with Crippen LogP contribution in [0.1, 0.15) is 30.7 Å². The molecule has 1 amide bonds. The summed E-state index contributed by atoms with van der Waals surface area (Å²) in [7, 11) is -2.00. The van der Waals surface area contributed by atoms with E-state index in [9.17, 15) is 23.1 Å². The van der Waals surface area contributed by atoms with Gasteiger partial charge in [0.1, 0.15) is 12.0 Å². The molecule has 2 fully saturated rings. The summed E-state index contributed by atoms with van der Waals surface area (Å²) in [6, 6.07) is 28.1. The number of benzene rings is 3. The summed E-state index contributed by atoms with van der Waals surface area (Å²) >= 11 is 0. The van der Waals surface area contributed by atoms with Crippen LogP contribution < -0.4 is 5.56 Å². The Morgan fingerprint density at radius 3 is 2.33 bits per heavy atom. The number of aliphatic hydroxyl groups is 1. The molecule has 2 aliphatic rings. The van der Waals surface area contributed by atoms with Crippen LogP contribution in [-0.4, -0.2) is 74.5 Å². The number of fused-ring (bicyclic) bond motifs is 1. The molecule has 248 valence electrons. The molecule has 2 saturated heterocycles. The molecule has 2 atom stereocenters. The number of aryl methyl sites for hydroxylation is 1. The average Bonchev–Trinajstić information content (AvgIpc) is 3.51. The summed E-state index contributed by atoms with van der Waals surface area (Å²) in [5.74, 6) is -0.769. The third-order valence-electron chi connectivity index (χ3n) is 10.0. The largest absolute Gasteiger partial charge is 0.388 e. The number of carbonyl (C=O) groups is 1. The van der Waals surface area contributed by atoms with Gasteiger partial charge in [0.25, 0.3) is 5.56 Å². The monoisotopic (exact) mass is 665 g/mol. The van der Waals surface area contributed by atoms with Gasteiger partial charge in [0.05, 0.1) is 22.4 Å². The lowest BCUT2D eigenvalue weighted by Crippen LogP contribution is -2.53. The molecule has 2 aliphatic heterocycles. The average molecular weight is 666 g/mol. The minimum Gasteiger partial charge on any atom is -0.388 e. The summed E-state index contributed by atoms with van der Waals surface area (Å²) in [6.07, 6.45) is 4.28. The van der Waals surface area contributed by atoms with Crippen molar-refractivity contribution >= 4 is 27.0 Å². The van der Waals surface area contributed by atoms with Crippen LogP contribution in [0.3, 0.4) is 0 Å². The van der Waals surface area contributed by atoms with Gasteiger partial charge in [-0.3, -0.25) is 14.2 Å². The van der Waals surface area contributed by atoms with Crippen LogP contribution in [-0.2, 0) is 28.4 Å². The van der Waals surface area contributed by atoms with Gasteiger partial charge in [-0.05, 0) is 54.2 Å². The first-order chi connectivity index (χ1) is 23.1.